The number of rotatable bonds is 6. The number of halogens is 1. The number of hydrogen-bond acceptors (Lipinski definition) is 4. The summed E-state index contributed by atoms with van der Waals surface area (Å²) in [6.07, 6.45) is 0. The number of para-hydroxylation sites is 1. The third kappa shape index (κ3) is 3.96. The predicted octanol–water partition coefficient (Wildman–Crippen LogP) is 3.07. The second-order valence-electron chi connectivity index (χ2n) is 4.07. The normalized spacial score (nSPS) is 11.5. The number of ether oxygens (including phenoxy) is 1. The largest absolute Gasteiger partial charge is 0.492 e. The van der Waals surface area contributed by atoms with E-state index in [-0.39, 0.29) is 17.4 Å². The van der Waals surface area contributed by atoms with Gasteiger partial charge in [0.1, 0.15) is 16.6 Å². The first-order chi connectivity index (χ1) is 9.49. The third-order valence-corrected chi connectivity index (χ3v) is 5.74. The highest BCUT2D eigenvalue weighted by atomic mass is 35.5. The van der Waals surface area contributed by atoms with Crippen LogP contribution in [0.3, 0.4) is 0 Å². The van der Waals surface area contributed by atoms with Crippen LogP contribution in [-0.2, 0) is 10.0 Å². The molecule has 0 atom stereocenters. The lowest BCUT2D eigenvalue weighted by Crippen LogP contribution is -2.27. The van der Waals surface area contributed by atoms with E-state index in [2.05, 4.69) is 4.72 Å². The summed E-state index contributed by atoms with van der Waals surface area (Å²) in [7, 11) is -3.50. The molecule has 0 spiro atoms. The van der Waals surface area contributed by atoms with Crippen LogP contribution in [0.5, 0.6) is 5.75 Å². The molecule has 0 aliphatic rings. The van der Waals surface area contributed by atoms with Gasteiger partial charge in [0.15, 0.2) is 0 Å². The van der Waals surface area contributed by atoms with E-state index in [1.807, 2.05) is 31.2 Å². The first-order valence-electron chi connectivity index (χ1n) is 5.92. The Balaban J connectivity index is 1.86. The summed E-state index contributed by atoms with van der Waals surface area (Å²) >= 11 is 6.75. The highest BCUT2D eigenvalue weighted by molar-refractivity contribution is 7.91. The van der Waals surface area contributed by atoms with E-state index in [9.17, 15) is 8.42 Å². The number of sulfonamides is 1. The van der Waals surface area contributed by atoms with E-state index < -0.39 is 10.0 Å². The lowest BCUT2D eigenvalue weighted by molar-refractivity contribution is 0.321. The molecular formula is C13H14ClNO3S2. The van der Waals surface area contributed by atoms with Gasteiger partial charge in [-0.15, -0.1) is 11.3 Å². The van der Waals surface area contributed by atoms with Crippen LogP contribution in [0.15, 0.2) is 40.6 Å². The monoisotopic (exact) mass is 331 g/mol. The molecule has 0 amide bonds. The Kier molecular flexibility index (Phi) is 5.04. The molecule has 1 aromatic carbocycles. The van der Waals surface area contributed by atoms with Gasteiger partial charge in [0, 0.05) is 6.54 Å². The molecule has 0 bridgehead atoms. The molecule has 1 heterocycles. The lowest BCUT2D eigenvalue weighted by Gasteiger charge is -2.09. The molecule has 0 radical (unpaired) electrons. The van der Waals surface area contributed by atoms with Crippen LogP contribution in [0.4, 0.5) is 0 Å². The van der Waals surface area contributed by atoms with Crippen molar-refractivity contribution in [2.75, 3.05) is 13.2 Å². The van der Waals surface area contributed by atoms with Crippen LogP contribution in [0.2, 0.25) is 4.34 Å². The van der Waals surface area contributed by atoms with Gasteiger partial charge in [-0.1, -0.05) is 29.8 Å². The Hall–Kier alpha value is -1.08. The molecule has 20 heavy (non-hydrogen) atoms. The van der Waals surface area contributed by atoms with Crippen molar-refractivity contribution in [3.05, 3.63) is 46.3 Å². The van der Waals surface area contributed by atoms with E-state index >= 15 is 0 Å². The SMILES string of the molecule is Cc1ccccc1OCCNS(=O)(=O)c1ccc(Cl)s1. The fourth-order valence-electron chi connectivity index (χ4n) is 1.57. The average molecular weight is 332 g/mol. The number of nitrogens with one attached hydrogen (secondary N) is 1. The Bertz CT molecular complexity index is 682. The van der Waals surface area contributed by atoms with Gasteiger partial charge in [0.05, 0.1) is 4.34 Å². The van der Waals surface area contributed by atoms with Gasteiger partial charge in [-0.25, -0.2) is 13.1 Å². The molecule has 1 N–H and O–H groups in total. The second-order valence-corrected chi connectivity index (χ2v) is 7.78. The van der Waals surface area contributed by atoms with Gasteiger partial charge in [-0.3, -0.25) is 0 Å². The molecule has 7 heteroatoms. The van der Waals surface area contributed by atoms with E-state index in [0.717, 1.165) is 22.6 Å². The molecule has 0 unspecified atom stereocenters. The van der Waals surface area contributed by atoms with Gasteiger partial charge in [-0.2, -0.15) is 0 Å². The highest BCUT2D eigenvalue weighted by Crippen LogP contribution is 2.25. The van der Waals surface area contributed by atoms with Gasteiger partial charge >= 0.3 is 0 Å². The predicted molar refractivity (Wildman–Crippen MR) is 81.2 cm³/mol. The van der Waals surface area contributed by atoms with Crippen molar-refractivity contribution in [1.29, 1.82) is 0 Å². The van der Waals surface area contributed by atoms with Crippen molar-refractivity contribution in [3.8, 4) is 5.75 Å². The number of benzene rings is 1. The van der Waals surface area contributed by atoms with Gasteiger partial charge in [-0.05, 0) is 30.7 Å². The fraction of sp³-hybridized carbons (Fsp3) is 0.231. The zero-order valence-electron chi connectivity index (χ0n) is 10.8. The van der Waals surface area contributed by atoms with Crippen LogP contribution in [0, 0.1) is 6.92 Å². The fourth-order valence-corrected chi connectivity index (χ4v) is 4.11. The molecule has 2 rings (SSSR count). The summed E-state index contributed by atoms with van der Waals surface area (Å²) in [5.41, 5.74) is 1.01. The summed E-state index contributed by atoms with van der Waals surface area (Å²) in [5.74, 6) is 0.755. The van der Waals surface area contributed by atoms with Crippen molar-refractivity contribution < 1.29 is 13.2 Å². The van der Waals surface area contributed by atoms with Crippen LogP contribution < -0.4 is 9.46 Å². The average Bonchev–Trinajstić information content (AvgIpc) is 2.84. The zero-order chi connectivity index (χ0) is 14.6. The molecule has 0 aliphatic heterocycles. The molecule has 0 saturated heterocycles. The summed E-state index contributed by atoms with van der Waals surface area (Å²) in [5, 5.41) is 0. The van der Waals surface area contributed by atoms with Crippen LogP contribution in [-0.4, -0.2) is 21.6 Å². The van der Waals surface area contributed by atoms with Gasteiger partial charge in [0.2, 0.25) is 10.0 Å². The maximum atomic E-state index is 11.9. The minimum atomic E-state index is -3.50. The van der Waals surface area contributed by atoms with Crippen LogP contribution >= 0.6 is 22.9 Å². The molecule has 4 nitrogen and oxygen atoms in total. The topological polar surface area (TPSA) is 55.4 Å². The maximum Gasteiger partial charge on any atom is 0.250 e. The first-order valence-corrected chi connectivity index (χ1v) is 8.60. The summed E-state index contributed by atoms with van der Waals surface area (Å²) in [6, 6.07) is 10.6. The Morgan fingerprint density at radius 2 is 2.00 bits per heavy atom. The standard InChI is InChI=1S/C13H14ClNO3S2/c1-10-4-2-3-5-11(10)18-9-8-15-20(16,17)13-7-6-12(14)19-13/h2-7,15H,8-9H2,1H3. The summed E-state index contributed by atoms with van der Waals surface area (Å²) < 4.78 is 32.5. The van der Waals surface area contributed by atoms with Crippen LogP contribution in [0.25, 0.3) is 0 Å². The summed E-state index contributed by atoms with van der Waals surface area (Å²) in [4.78, 5) is 0. The Morgan fingerprint density at radius 1 is 1.25 bits per heavy atom. The van der Waals surface area contributed by atoms with E-state index in [0.29, 0.717) is 4.34 Å². The van der Waals surface area contributed by atoms with Crippen molar-refractivity contribution in [1.82, 2.24) is 4.72 Å². The molecule has 108 valence electrons. The third-order valence-electron chi connectivity index (χ3n) is 2.56. The van der Waals surface area contributed by atoms with E-state index in [4.69, 9.17) is 16.3 Å². The van der Waals surface area contributed by atoms with Crippen molar-refractivity contribution in [2.24, 2.45) is 0 Å². The minimum Gasteiger partial charge on any atom is -0.492 e. The van der Waals surface area contributed by atoms with Crippen molar-refractivity contribution >= 4 is 33.0 Å². The van der Waals surface area contributed by atoms with Crippen LogP contribution in [0.1, 0.15) is 5.56 Å². The maximum absolute atomic E-state index is 11.9. The Labute approximate surface area is 127 Å². The molecule has 1 aromatic heterocycles. The number of hydrogen-bond donors (Lipinski definition) is 1. The van der Waals surface area contributed by atoms with Gasteiger partial charge < -0.3 is 4.74 Å². The van der Waals surface area contributed by atoms with E-state index in [1.54, 1.807) is 6.07 Å². The number of thiophene rings is 1. The van der Waals surface area contributed by atoms with Crippen molar-refractivity contribution in [3.63, 3.8) is 0 Å². The second kappa shape index (κ2) is 6.58. The van der Waals surface area contributed by atoms with E-state index in [1.165, 1.54) is 6.07 Å². The first kappa shape index (κ1) is 15.3. The minimum absolute atomic E-state index is 0.201. The Morgan fingerprint density at radius 3 is 2.65 bits per heavy atom. The number of aryl methyl sites for hydroxylation is 1. The molecule has 0 aliphatic carbocycles. The van der Waals surface area contributed by atoms with Crippen molar-refractivity contribution in [2.45, 2.75) is 11.1 Å². The summed E-state index contributed by atoms with van der Waals surface area (Å²) in [6.45, 7) is 2.41. The highest BCUT2D eigenvalue weighted by Gasteiger charge is 2.15. The molecule has 0 fully saturated rings. The molecule has 2 aromatic rings. The van der Waals surface area contributed by atoms with Gasteiger partial charge in [0.25, 0.3) is 0 Å². The quantitative estimate of drug-likeness (QED) is 0.828. The molecular weight excluding hydrogens is 318 g/mol. The lowest BCUT2D eigenvalue weighted by atomic mass is 10.2. The zero-order valence-corrected chi connectivity index (χ0v) is 13.2. The smallest absolute Gasteiger partial charge is 0.250 e. The molecule has 0 saturated carbocycles.